The van der Waals surface area contributed by atoms with E-state index in [9.17, 15) is 0 Å². The molecule has 0 N–H and O–H groups in total. The number of hydrogen-bond donors (Lipinski definition) is 0. The highest BCUT2D eigenvalue weighted by atomic mass is 16.5. The molecule has 98 valence electrons. The van der Waals surface area contributed by atoms with E-state index in [0.29, 0.717) is 10.8 Å². The first-order valence-corrected chi connectivity index (χ1v) is 7.26. The molecule has 1 aromatic carbocycles. The molecule has 1 fully saturated rings. The van der Waals surface area contributed by atoms with Crippen molar-refractivity contribution in [1.82, 2.24) is 0 Å². The Morgan fingerprint density at radius 3 is 2.61 bits per heavy atom. The molecule has 18 heavy (non-hydrogen) atoms. The molecule has 2 aliphatic carbocycles. The lowest BCUT2D eigenvalue weighted by molar-refractivity contribution is 0.0664. The Bertz CT molecular complexity index is 465. The number of hydrogen-bond acceptors (Lipinski definition) is 1. The van der Waals surface area contributed by atoms with Crippen LogP contribution in [0.15, 0.2) is 18.2 Å². The summed E-state index contributed by atoms with van der Waals surface area (Å²) in [6.07, 6.45) is 8.10. The van der Waals surface area contributed by atoms with Gasteiger partial charge in [-0.2, -0.15) is 0 Å². The normalized spacial score (nSPS) is 34.6. The van der Waals surface area contributed by atoms with Gasteiger partial charge < -0.3 is 4.74 Å². The molecule has 0 saturated heterocycles. The lowest BCUT2D eigenvalue weighted by Gasteiger charge is -2.54. The van der Waals surface area contributed by atoms with Crippen molar-refractivity contribution in [2.45, 2.75) is 57.8 Å². The van der Waals surface area contributed by atoms with Crippen molar-refractivity contribution >= 4 is 0 Å². The minimum Gasteiger partial charge on any atom is -0.497 e. The van der Waals surface area contributed by atoms with Crippen LogP contribution >= 0.6 is 0 Å². The zero-order chi connectivity index (χ0) is 12.8. The van der Waals surface area contributed by atoms with Crippen molar-refractivity contribution in [3.05, 3.63) is 29.3 Å². The van der Waals surface area contributed by atoms with Crippen molar-refractivity contribution in [1.29, 1.82) is 0 Å². The summed E-state index contributed by atoms with van der Waals surface area (Å²) in [7, 11) is 1.77. The third-order valence-electron chi connectivity index (χ3n) is 5.85. The Morgan fingerprint density at radius 2 is 1.83 bits per heavy atom. The van der Waals surface area contributed by atoms with Gasteiger partial charge in [0.25, 0.3) is 0 Å². The van der Waals surface area contributed by atoms with E-state index in [1.165, 1.54) is 38.5 Å². The Hall–Kier alpha value is -0.980. The maximum absolute atomic E-state index is 5.44. The first-order valence-electron chi connectivity index (χ1n) is 7.26. The lowest BCUT2D eigenvalue weighted by atomic mass is 9.50. The number of rotatable bonds is 1. The highest BCUT2D eigenvalue weighted by Crippen LogP contribution is 2.58. The topological polar surface area (TPSA) is 9.23 Å². The fourth-order valence-electron chi connectivity index (χ4n) is 4.26. The molecule has 2 aliphatic rings. The van der Waals surface area contributed by atoms with Gasteiger partial charge in [-0.15, -0.1) is 0 Å². The molecule has 0 radical (unpaired) electrons. The second-order valence-electron chi connectivity index (χ2n) is 6.62. The first-order chi connectivity index (χ1) is 8.59. The highest BCUT2D eigenvalue weighted by molar-refractivity contribution is 5.44. The zero-order valence-corrected chi connectivity index (χ0v) is 11.9. The van der Waals surface area contributed by atoms with Crippen LogP contribution < -0.4 is 4.74 Å². The van der Waals surface area contributed by atoms with Crippen molar-refractivity contribution < 1.29 is 4.74 Å². The summed E-state index contributed by atoms with van der Waals surface area (Å²) in [6.45, 7) is 5.00. The zero-order valence-electron chi connectivity index (χ0n) is 11.9. The molecule has 1 aromatic rings. The number of aryl methyl sites for hydroxylation is 1. The fraction of sp³-hybridized carbons (Fsp3) is 0.647. The molecule has 3 rings (SSSR count). The smallest absolute Gasteiger partial charge is 0.119 e. The summed E-state index contributed by atoms with van der Waals surface area (Å²) in [5.74, 6) is 1.02. The minimum atomic E-state index is 0.355. The van der Waals surface area contributed by atoms with Crippen LogP contribution in [0.5, 0.6) is 5.75 Å². The third-order valence-corrected chi connectivity index (χ3v) is 5.85. The molecule has 0 spiro atoms. The van der Waals surface area contributed by atoms with Gasteiger partial charge >= 0.3 is 0 Å². The SMILES string of the molecule is COc1ccc2c(c1)[C@@]1(C)CCCC[C@@]1(C)CC2. The molecule has 0 heterocycles. The van der Waals surface area contributed by atoms with Crippen molar-refractivity contribution in [2.24, 2.45) is 5.41 Å². The van der Waals surface area contributed by atoms with Crippen LogP contribution in [0.3, 0.4) is 0 Å². The van der Waals surface area contributed by atoms with Gasteiger partial charge in [0, 0.05) is 0 Å². The maximum atomic E-state index is 5.44. The summed E-state index contributed by atoms with van der Waals surface area (Å²) in [5, 5.41) is 0. The van der Waals surface area contributed by atoms with E-state index in [1.54, 1.807) is 18.2 Å². The summed E-state index contributed by atoms with van der Waals surface area (Å²) >= 11 is 0. The summed E-state index contributed by atoms with van der Waals surface area (Å²) in [4.78, 5) is 0. The predicted octanol–water partition coefficient (Wildman–Crippen LogP) is 4.48. The summed E-state index contributed by atoms with van der Waals surface area (Å²) in [5.41, 5.74) is 3.96. The van der Waals surface area contributed by atoms with Crippen LogP contribution in [0.2, 0.25) is 0 Å². The molecule has 1 saturated carbocycles. The molecule has 0 bridgehead atoms. The fourth-order valence-corrected chi connectivity index (χ4v) is 4.26. The Kier molecular flexibility index (Phi) is 2.69. The van der Waals surface area contributed by atoms with Gasteiger partial charge in [-0.3, -0.25) is 0 Å². The van der Waals surface area contributed by atoms with Crippen LogP contribution in [0.1, 0.15) is 57.1 Å². The first kappa shape index (κ1) is 12.1. The van der Waals surface area contributed by atoms with Crippen LogP contribution in [0.4, 0.5) is 0 Å². The van der Waals surface area contributed by atoms with E-state index in [0.717, 1.165) is 5.75 Å². The molecular formula is C17H24O. The third kappa shape index (κ3) is 1.52. The van der Waals surface area contributed by atoms with Crippen molar-refractivity contribution in [3.63, 3.8) is 0 Å². The van der Waals surface area contributed by atoms with Gasteiger partial charge in [-0.05, 0) is 59.8 Å². The van der Waals surface area contributed by atoms with E-state index in [-0.39, 0.29) is 0 Å². The maximum Gasteiger partial charge on any atom is 0.119 e. The summed E-state index contributed by atoms with van der Waals surface area (Å²) in [6, 6.07) is 6.71. The number of ether oxygens (including phenoxy) is 1. The molecule has 0 amide bonds. The van der Waals surface area contributed by atoms with E-state index in [1.807, 2.05) is 0 Å². The minimum absolute atomic E-state index is 0.355. The van der Waals surface area contributed by atoms with Gasteiger partial charge in [-0.25, -0.2) is 0 Å². The molecule has 1 heteroatoms. The second-order valence-corrected chi connectivity index (χ2v) is 6.62. The predicted molar refractivity (Wildman–Crippen MR) is 75.2 cm³/mol. The van der Waals surface area contributed by atoms with Gasteiger partial charge in [0.1, 0.15) is 5.75 Å². The Morgan fingerprint density at radius 1 is 1.06 bits per heavy atom. The molecule has 0 aliphatic heterocycles. The Balaban J connectivity index is 2.14. The van der Waals surface area contributed by atoms with Gasteiger partial charge in [0.15, 0.2) is 0 Å². The average Bonchev–Trinajstić information content (AvgIpc) is 2.39. The quantitative estimate of drug-likeness (QED) is 0.707. The number of methoxy groups -OCH3 is 1. The lowest BCUT2D eigenvalue weighted by Crippen LogP contribution is -2.47. The van der Waals surface area contributed by atoms with Crippen molar-refractivity contribution in [2.75, 3.05) is 7.11 Å². The summed E-state index contributed by atoms with van der Waals surface area (Å²) < 4.78 is 5.44. The standard InChI is InChI=1S/C17H24O/c1-16-9-4-5-10-17(16,2)15-12-14(18-3)7-6-13(15)8-11-16/h6-7,12H,4-5,8-11H2,1-3H3/t16-,17+/m0/s1. The van der Waals surface area contributed by atoms with Gasteiger partial charge in [0.2, 0.25) is 0 Å². The second kappa shape index (κ2) is 4.01. The van der Waals surface area contributed by atoms with E-state index in [4.69, 9.17) is 4.74 Å². The van der Waals surface area contributed by atoms with Crippen LogP contribution in [-0.4, -0.2) is 7.11 Å². The average molecular weight is 244 g/mol. The number of benzene rings is 1. The molecular weight excluding hydrogens is 220 g/mol. The monoisotopic (exact) mass is 244 g/mol. The van der Waals surface area contributed by atoms with Gasteiger partial charge in [-0.1, -0.05) is 32.8 Å². The van der Waals surface area contributed by atoms with Crippen LogP contribution in [0, 0.1) is 5.41 Å². The highest BCUT2D eigenvalue weighted by Gasteiger charge is 2.49. The van der Waals surface area contributed by atoms with Gasteiger partial charge in [0.05, 0.1) is 7.11 Å². The van der Waals surface area contributed by atoms with Crippen LogP contribution in [-0.2, 0) is 11.8 Å². The Labute approximate surface area is 111 Å². The molecule has 0 unspecified atom stereocenters. The van der Waals surface area contributed by atoms with E-state index in [2.05, 4.69) is 32.0 Å². The van der Waals surface area contributed by atoms with E-state index >= 15 is 0 Å². The van der Waals surface area contributed by atoms with E-state index < -0.39 is 0 Å². The molecule has 2 atom stereocenters. The molecule has 1 nitrogen and oxygen atoms in total. The molecule has 0 aromatic heterocycles. The number of fused-ring (bicyclic) bond motifs is 3. The largest absolute Gasteiger partial charge is 0.497 e. The van der Waals surface area contributed by atoms with Crippen LogP contribution in [0.25, 0.3) is 0 Å². The van der Waals surface area contributed by atoms with Crippen molar-refractivity contribution in [3.8, 4) is 5.75 Å².